The molecule has 0 saturated heterocycles. The second-order valence-electron chi connectivity index (χ2n) is 5.10. The first kappa shape index (κ1) is 14.3. The molecule has 7 heteroatoms. The third-order valence-corrected chi connectivity index (χ3v) is 6.03. The molecule has 1 aromatic heterocycles. The smallest absolute Gasteiger partial charge is 0.211 e. The van der Waals surface area contributed by atoms with Gasteiger partial charge in [-0.15, -0.1) is 0 Å². The zero-order valence-electron chi connectivity index (χ0n) is 11.4. The molecule has 114 valence electrons. The Bertz CT molecular complexity index is 1130. The molecule has 2 aromatic carbocycles. The van der Waals surface area contributed by atoms with Crippen molar-refractivity contribution in [1.82, 2.24) is 4.98 Å². The number of fused-ring (bicyclic) bond motifs is 4. The monoisotopic (exact) mass is 347 g/mol. The zero-order chi connectivity index (χ0) is 16.4. The predicted molar refractivity (Wildman–Crippen MR) is 82.0 cm³/mol. The molecule has 2 heterocycles. The average molecular weight is 348 g/mol. The molecule has 0 amide bonds. The van der Waals surface area contributed by atoms with E-state index in [4.69, 9.17) is 11.6 Å². The molecule has 4 nitrogen and oxygen atoms in total. The summed E-state index contributed by atoms with van der Waals surface area (Å²) in [6, 6.07) is 9.59. The largest absolute Gasteiger partial charge is 0.288 e. The number of aromatic nitrogens is 1. The number of ketones is 1. The summed E-state index contributed by atoms with van der Waals surface area (Å²) in [5.74, 6) is -1.26. The van der Waals surface area contributed by atoms with Gasteiger partial charge in [-0.1, -0.05) is 29.8 Å². The first-order chi connectivity index (χ1) is 10.9. The number of rotatable bonds is 0. The molecule has 1 aliphatic heterocycles. The molecule has 0 atom stereocenters. The van der Waals surface area contributed by atoms with Crippen LogP contribution in [-0.2, 0) is 9.84 Å². The van der Waals surface area contributed by atoms with Crippen molar-refractivity contribution in [3.05, 3.63) is 64.6 Å². The number of hydrogen-bond donors (Lipinski definition) is 0. The number of benzene rings is 2. The standard InChI is InChI=1S/C16H7ClFNO3S/c17-16-15-13(9-3-1-2-4-11(9)19-16)14(20)10-7-8(18)5-6-12(10)23(15,21)22/h1-7H. The van der Waals surface area contributed by atoms with E-state index in [1.54, 1.807) is 24.3 Å². The van der Waals surface area contributed by atoms with Crippen molar-refractivity contribution < 1.29 is 17.6 Å². The number of sulfone groups is 1. The topological polar surface area (TPSA) is 64.1 Å². The molecular weight excluding hydrogens is 341 g/mol. The summed E-state index contributed by atoms with van der Waals surface area (Å²) >= 11 is 6.05. The van der Waals surface area contributed by atoms with Crippen LogP contribution in [-0.4, -0.2) is 19.2 Å². The lowest BCUT2D eigenvalue weighted by Gasteiger charge is -2.20. The predicted octanol–water partition coefficient (Wildman–Crippen LogP) is 3.40. The first-order valence-electron chi connectivity index (χ1n) is 6.59. The Balaban J connectivity index is 2.24. The molecule has 0 aliphatic carbocycles. The average Bonchev–Trinajstić information content (AvgIpc) is 2.51. The lowest BCUT2D eigenvalue weighted by molar-refractivity contribution is 0.103. The summed E-state index contributed by atoms with van der Waals surface area (Å²) in [7, 11) is -4.06. The van der Waals surface area contributed by atoms with Gasteiger partial charge in [-0.05, 0) is 24.3 Å². The maximum absolute atomic E-state index is 13.5. The fourth-order valence-electron chi connectivity index (χ4n) is 2.79. The molecule has 0 unspecified atom stereocenters. The van der Waals surface area contributed by atoms with Crippen LogP contribution in [0.25, 0.3) is 10.9 Å². The van der Waals surface area contributed by atoms with Gasteiger partial charge in [-0.25, -0.2) is 17.8 Å². The van der Waals surface area contributed by atoms with Crippen LogP contribution in [0.1, 0.15) is 15.9 Å². The molecule has 3 aromatic rings. The van der Waals surface area contributed by atoms with Gasteiger partial charge in [0.25, 0.3) is 0 Å². The van der Waals surface area contributed by atoms with Gasteiger partial charge in [-0.3, -0.25) is 4.79 Å². The Morgan fingerprint density at radius 2 is 1.83 bits per heavy atom. The lowest BCUT2D eigenvalue weighted by atomic mass is 9.99. The zero-order valence-corrected chi connectivity index (χ0v) is 13.0. The summed E-state index contributed by atoms with van der Waals surface area (Å²) in [5, 5.41) is 0.109. The third kappa shape index (κ3) is 1.85. The SMILES string of the molecule is O=C1c2cc(F)ccc2S(=O)(=O)c2c(Cl)nc3ccccc3c21. The number of pyridine rings is 1. The van der Waals surface area contributed by atoms with Crippen molar-refractivity contribution in [2.24, 2.45) is 0 Å². The van der Waals surface area contributed by atoms with Crippen molar-refractivity contribution in [3.8, 4) is 0 Å². The van der Waals surface area contributed by atoms with Crippen LogP contribution in [0.4, 0.5) is 4.39 Å². The lowest BCUT2D eigenvalue weighted by Crippen LogP contribution is -2.22. The summed E-state index contributed by atoms with van der Waals surface area (Å²) < 4.78 is 39.1. The Morgan fingerprint density at radius 3 is 2.61 bits per heavy atom. The number of halogens is 2. The normalized spacial score (nSPS) is 15.3. The summed E-state index contributed by atoms with van der Waals surface area (Å²) in [6.07, 6.45) is 0. The van der Waals surface area contributed by atoms with Crippen molar-refractivity contribution in [1.29, 1.82) is 0 Å². The second-order valence-corrected chi connectivity index (χ2v) is 7.31. The van der Waals surface area contributed by atoms with E-state index in [0.29, 0.717) is 10.9 Å². The molecule has 0 spiro atoms. The van der Waals surface area contributed by atoms with Gasteiger partial charge in [0.05, 0.1) is 16.0 Å². The van der Waals surface area contributed by atoms with Crippen LogP contribution < -0.4 is 0 Å². The molecule has 0 saturated carbocycles. The minimum atomic E-state index is -4.06. The van der Waals surface area contributed by atoms with Gasteiger partial charge in [0, 0.05) is 10.9 Å². The summed E-state index contributed by atoms with van der Waals surface area (Å²) in [5.41, 5.74) is 0.156. The number of nitrogens with zero attached hydrogens (tertiary/aromatic N) is 1. The highest BCUT2D eigenvalue weighted by atomic mass is 35.5. The van der Waals surface area contributed by atoms with E-state index in [-0.39, 0.29) is 26.1 Å². The Labute approximate surface area is 135 Å². The summed E-state index contributed by atoms with van der Waals surface area (Å²) in [4.78, 5) is 16.3. The Hall–Kier alpha value is -2.31. The molecule has 0 bridgehead atoms. The fraction of sp³-hybridized carbons (Fsp3) is 0. The minimum absolute atomic E-state index is 0.0568. The first-order valence-corrected chi connectivity index (χ1v) is 8.45. The van der Waals surface area contributed by atoms with Crippen LogP contribution >= 0.6 is 11.6 Å². The second kappa shape index (κ2) is 4.59. The summed E-state index contributed by atoms with van der Waals surface area (Å²) in [6.45, 7) is 0. The van der Waals surface area contributed by atoms with E-state index >= 15 is 0 Å². The van der Waals surface area contributed by atoms with Crippen LogP contribution in [0.5, 0.6) is 0 Å². The van der Waals surface area contributed by atoms with Gasteiger partial charge >= 0.3 is 0 Å². The molecule has 0 N–H and O–H groups in total. The molecule has 4 rings (SSSR count). The number of carbonyl (C=O) groups excluding carboxylic acids is 1. The highest BCUT2D eigenvalue weighted by molar-refractivity contribution is 7.92. The minimum Gasteiger partial charge on any atom is -0.288 e. The van der Waals surface area contributed by atoms with Crippen molar-refractivity contribution >= 4 is 38.1 Å². The van der Waals surface area contributed by atoms with Crippen molar-refractivity contribution in [2.75, 3.05) is 0 Å². The highest BCUT2D eigenvalue weighted by Crippen LogP contribution is 2.40. The van der Waals surface area contributed by atoms with Crippen LogP contribution in [0.15, 0.2) is 52.3 Å². The number of carbonyl (C=O) groups is 1. The van der Waals surface area contributed by atoms with E-state index in [2.05, 4.69) is 4.98 Å². The molecule has 0 fully saturated rings. The van der Waals surface area contributed by atoms with Crippen molar-refractivity contribution in [2.45, 2.75) is 9.79 Å². The van der Waals surface area contributed by atoms with E-state index < -0.39 is 21.4 Å². The maximum Gasteiger partial charge on any atom is 0.211 e. The van der Waals surface area contributed by atoms with Gasteiger partial charge in [0.1, 0.15) is 15.9 Å². The Morgan fingerprint density at radius 1 is 1.09 bits per heavy atom. The van der Waals surface area contributed by atoms with Gasteiger partial charge in [-0.2, -0.15) is 0 Å². The van der Waals surface area contributed by atoms with Crippen molar-refractivity contribution in [3.63, 3.8) is 0 Å². The third-order valence-electron chi connectivity index (χ3n) is 3.78. The van der Waals surface area contributed by atoms with Gasteiger partial charge in [0.2, 0.25) is 9.84 Å². The molecule has 1 aliphatic rings. The molecule has 23 heavy (non-hydrogen) atoms. The number of hydrogen-bond acceptors (Lipinski definition) is 4. The van der Waals surface area contributed by atoms with E-state index in [1.165, 1.54) is 0 Å². The van der Waals surface area contributed by atoms with Gasteiger partial charge in [0.15, 0.2) is 5.78 Å². The van der Waals surface area contributed by atoms with Gasteiger partial charge < -0.3 is 0 Å². The number of para-hydroxylation sites is 1. The fourth-order valence-corrected chi connectivity index (χ4v) is 4.93. The maximum atomic E-state index is 13.5. The quantitative estimate of drug-likeness (QED) is 0.361. The Kier molecular flexibility index (Phi) is 2.86. The van der Waals surface area contributed by atoms with Crippen LogP contribution in [0.2, 0.25) is 5.15 Å². The highest BCUT2D eigenvalue weighted by Gasteiger charge is 2.38. The van der Waals surface area contributed by atoms with E-state index in [0.717, 1.165) is 18.2 Å². The van der Waals surface area contributed by atoms with E-state index in [9.17, 15) is 17.6 Å². The molecule has 0 radical (unpaired) electrons. The molecular formula is C16H7ClFNO3S. The van der Waals surface area contributed by atoms with Crippen LogP contribution in [0.3, 0.4) is 0 Å². The van der Waals surface area contributed by atoms with Crippen LogP contribution in [0, 0.1) is 5.82 Å². The van der Waals surface area contributed by atoms with E-state index in [1.807, 2.05) is 0 Å².